The fraction of sp³-hybridized carbons (Fsp3) is 0.467. The van der Waals surface area contributed by atoms with Crippen molar-refractivity contribution in [2.45, 2.75) is 26.3 Å². The van der Waals surface area contributed by atoms with Gasteiger partial charge in [-0.25, -0.2) is 0 Å². The van der Waals surface area contributed by atoms with Gasteiger partial charge >= 0.3 is 0 Å². The molecule has 0 bridgehead atoms. The van der Waals surface area contributed by atoms with Crippen LogP contribution >= 0.6 is 0 Å². The van der Waals surface area contributed by atoms with Gasteiger partial charge in [0.25, 0.3) is 5.91 Å². The Morgan fingerprint density at radius 2 is 2.32 bits per heavy atom. The lowest BCUT2D eigenvalue weighted by Crippen LogP contribution is -2.41. The second kappa shape index (κ2) is 6.13. The summed E-state index contributed by atoms with van der Waals surface area (Å²) >= 11 is 0. The van der Waals surface area contributed by atoms with E-state index in [4.69, 9.17) is 0 Å². The molecule has 1 atom stereocenters. The number of pyridine rings is 1. The highest BCUT2D eigenvalue weighted by molar-refractivity contribution is 5.92. The standard InChI is InChI=1S/C15H19N5O2/c1-11-7-13(17-14(21)8-11)15(22)19-5-2-3-12(9-19)10-20-6-4-16-18-20/h4,6-8,12H,2-3,5,9-10H2,1H3,(H,17,21). The van der Waals surface area contributed by atoms with Crippen molar-refractivity contribution in [1.29, 1.82) is 0 Å². The zero-order chi connectivity index (χ0) is 15.5. The Morgan fingerprint density at radius 1 is 1.45 bits per heavy atom. The predicted octanol–water partition coefficient (Wildman–Crippen LogP) is 0.827. The van der Waals surface area contributed by atoms with Gasteiger partial charge < -0.3 is 9.88 Å². The summed E-state index contributed by atoms with van der Waals surface area (Å²) in [5.41, 5.74) is 0.925. The van der Waals surface area contributed by atoms with Crippen LogP contribution in [0.25, 0.3) is 0 Å². The Hall–Kier alpha value is -2.44. The van der Waals surface area contributed by atoms with Gasteiger partial charge in [-0.05, 0) is 37.3 Å². The zero-order valence-corrected chi connectivity index (χ0v) is 12.5. The van der Waals surface area contributed by atoms with Crippen molar-refractivity contribution in [1.82, 2.24) is 24.9 Å². The summed E-state index contributed by atoms with van der Waals surface area (Å²) < 4.78 is 1.80. The van der Waals surface area contributed by atoms with Crippen LogP contribution in [0.5, 0.6) is 0 Å². The Labute approximate surface area is 128 Å². The monoisotopic (exact) mass is 301 g/mol. The van der Waals surface area contributed by atoms with Gasteiger partial charge in [-0.2, -0.15) is 0 Å². The molecule has 116 valence electrons. The maximum Gasteiger partial charge on any atom is 0.270 e. The molecular weight excluding hydrogens is 282 g/mol. The van der Waals surface area contributed by atoms with E-state index in [2.05, 4.69) is 15.3 Å². The molecule has 0 radical (unpaired) electrons. The van der Waals surface area contributed by atoms with Crippen LogP contribution in [0.15, 0.2) is 29.3 Å². The zero-order valence-electron chi connectivity index (χ0n) is 12.5. The summed E-state index contributed by atoms with van der Waals surface area (Å²) in [6, 6.07) is 3.21. The van der Waals surface area contributed by atoms with E-state index in [1.54, 1.807) is 16.9 Å². The van der Waals surface area contributed by atoms with Crippen molar-refractivity contribution < 1.29 is 4.79 Å². The number of aromatic nitrogens is 4. The van der Waals surface area contributed by atoms with Crippen LogP contribution in [-0.4, -0.2) is 43.9 Å². The number of hydrogen-bond acceptors (Lipinski definition) is 4. The van der Waals surface area contributed by atoms with Gasteiger partial charge in [0.2, 0.25) is 5.56 Å². The van der Waals surface area contributed by atoms with E-state index in [1.165, 1.54) is 6.07 Å². The summed E-state index contributed by atoms with van der Waals surface area (Å²) in [6.07, 6.45) is 5.51. The van der Waals surface area contributed by atoms with Crippen molar-refractivity contribution in [3.05, 3.63) is 46.1 Å². The molecule has 1 aliphatic rings. The molecule has 0 aliphatic carbocycles. The second-order valence-corrected chi connectivity index (χ2v) is 5.82. The maximum absolute atomic E-state index is 12.6. The number of hydrogen-bond donors (Lipinski definition) is 1. The number of likely N-dealkylation sites (tertiary alicyclic amines) is 1. The van der Waals surface area contributed by atoms with Gasteiger partial charge in [0.05, 0.1) is 6.20 Å². The molecule has 1 N–H and O–H groups in total. The van der Waals surface area contributed by atoms with Crippen LogP contribution in [0.4, 0.5) is 0 Å². The molecule has 22 heavy (non-hydrogen) atoms. The minimum atomic E-state index is -0.237. The lowest BCUT2D eigenvalue weighted by molar-refractivity contribution is 0.0653. The number of nitrogens with zero attached hydrogens (tertiary/aromatic N) is 4. The van der Waals surface area contributed by atoms with Crippen LogP contribution in [0, 0.1) is 12.8 Å². The first-order chi connectivity index (χ1) is 10.6. The molecule has 1 aliphatic heterocycles. The van der Waals surface area contributed by atoms with Crippen LogP contribution in [0.3, 0.4) is 0 Å². The molecule has 2 aromatic heterocycles. The normalized spacial score (nSPS) is 18.4. The summed E-state index contributed by atoms with van der Waals surface area (Å²) in [6.45, 7) is 3.97. The molecule has 1 fully saturated rings. The van der Waals surface area contributed by atoms with E-state index in [9.17, 15) is 9.59 Å². The molecule has 2 aromatic rings. The molecule has 1 saturated heterocycles. The van der Waals surface area contributed by atoms with Gasteiger partial charge in [0.1, 0.15) is 5.69 Å². The minimum absolute atomic E-state index is 0.107. The van der Waals surface area contributed by atoms with Crippen LogP contribution in [0.2, 0.25) is 0 Å². The largest absolute Gasteiger partial charge is 0.337 e. The molecule has 1 unspecified atom stereocenters. The number of rotatable bonds is 3. The van der Waals surface area contributed by atoms with Crippen molar-refractivity contribution in [3.63, 3.8) is 0 Å². The number of carbonyl (C=O) groups excluding carboxylic acids is 1. The predicted molar refractivity (Wildman–Crippen MR) is 80.4 cm³/mol. The quantitative estimate of drug-likeness (QED) is 0.910. The van der Waals surface area contributed by atoms with Crippen molar-refractivity contribution in [3.8, 4) is 0 Å². The Kier molecular flexibility index (Phi) is 4.04. The number of H-pyrrole nitrogens is 1. The van der Waals surface area contributed by atoms with Crippen LogP contribution < -0.4 is 5.56 Å². The first-order valence-corrected chi connectivity index (χ1v) is 7.46. The maximum atomic E-state index is 12.6. The minimum Gasteiger partial charge on any atom is -0.337 e. The Balaban J connectivity index is 1.71. The van der Waals surface area contributed by atoms with E-state index in [1.807, 2.05) is 18.0 Å². The lowest BCUT2D eigenvalue weighted by atomic mass is 9.97. The molecule has 1 amide bonds. The summed E-state index contributed by atoms with van der Waals surface area (Å²) in [4.78, 5) is 28.5. The first kappa shape index (κ1) is 14.5. The number of carbonyl (C=O) groups is 1. The number of piperidine rings is 1. The Bertz CT molecular complexity index is 707. The van der Waals surface area contributed by atoms with Crippen molar-refractivity contribution in [2.75, 3.05) is 13.1 Å². The third-order valence-corrected chi connectivity index (χ3v) is 3.94. The molecule has 3 rings (SSSR count). The molecule has 0 aromatic carbocycles. The fourth-order valence-corrected chi connectivity index (χ4v) is 2.96. The van der Waals surface area contributed by atoms with Gasteiger partial charge in [-0.3, -0.25) is 14.3 Å². The van der Waals surface area contributed by atoms with E-state index in [0.717, 1.165) is 31.5 Å². The summed E-state index contributed by atoms with van der Waals surface area (Å²) in [7, 11) is 0. The topological polar surface area (TPSA) is 83.9 Å². The van der Waals surface area contributed by atoms with Crippen LogP contribution in [-0.2, 0) is 6.54 Å². The second-order valence-electron chi connectivity index (χ2n) is 5.82. The average molecular weight is 301 g/mol. The van der Waals surface area contributed by atoms with Crippen LogP contribution in [0.1, 0.15) is 28.9 Å². The molecule has 0 saturated carbocycles. The van der Waals surface area contributed by atoms with Crippen molar-refractivity contribution in [2.24, 2.45) is 5.92 Å². The highest BCUT2D eigenvalue weighted by Gasteiger charge is 2.25. The highest BCUT2D eigenvalue weighted by Crippen LogP contribution is 2.19. The number of aromatic amines is 1. The summed E-state index contributed by atoms with van der Waals surface area (Å²) in [5.74, 6) is 0.250. The van der Waals surface area contributed by atoms with E-state index in [0.29, 0.717) is 18.2 Å². The molecule has 0 spiro atoms. The van der Waals surface area contributed by atoms with Gasteiger partial charge in [0.15, 0.2) is 0 Å². The van der Waals surface area contributed by atoms with Gasteiger partial charge in [0, 0.05) is 31.9 Å². The third kappa shape index (κ3) is 3.24. The SMILES string of the molecule is Cc1cc(C(=O)N2CCCC(Cn3ccnn3)C2)[nH]c(=O)c1. The number of nitrogens with one attached hydrogen (secondary N) is 1. The van der Waals surface area contributed by atoms with Crippen molar-refractivity contribution >= 4 is 5.91 Å². The molecular formula is C15H19N5O2. The molecule has 7 heteroatoms. The lowest BCUT2D eigenvalue weighted by Gasteiger charge is -2.32. The Morgan fingerprint density at radius 3 is 3.05 bits per heavy atom. The van der Waals surface area contributed by atoms with Gasteiger partial charge in [-0.15, -0.1) is 5.10 Å². The highest BCUT2D eigenvalue weighted by atomic mass is 16.2. The van der Waals surface area contributed by atoms with E-state index in [-0.39, 0.29) is 11.5 Å². The van der Waals surface area contributed by atoms with E-state index < -0.39 is 0 Å². The first-order valence-electron chi connectivity index (χ1n) is 7.46. The third-order valence-electron chi connectivity index (χ3n) is 3.94. The molecule has 7 nitrogen and oxygen atoms in total. The fourth-order valence-electron chi connectivity index (χ4n) is 2.96. The van der Waals surface area contributed by atoms with E-state index >= 15 is 0 Å². The molecule has 3 heterocycles. The average Bonchev–Trinajstić information content (AvgIpc) is 2.98. The number of amides is 1. The number of aryl methyl sites for hydroxylation is 1. The summed E-state index contributed by atoms with van der Waals surface area (Å²) in [5, 5.41) is 7.78. The van der Waals surface area contributed by atoms with Gasteiger partial charge in [-0.1, -0.05) is 5.21 Å². The smallest absolute Gasteiger partial charge is 0.270 e.